The Labute approximate surface area is 185 Å². The third-order valence-electron chi connectivity index (χ3n) is 4.73. The van der Waals surface area contributed by atoms with Crippen LogP contribution < -0.4 is 9.47 Å². The predicted octanol–water partition coefficient (Wildman–Crippen LogP) is 4.28. The van der Waals surface area contributed by atoms with Gasteiger partial charge in [0, 0.05) is 30.9 Å². The summed E-state index contributed by atoms with van der Waals surface area (Å²) in [5.74, 6) is -2.80. The van der Waals surface area contributed by atoms with Crippen LogP contribution in [0.25, 0.3) is 0 Å². The number of aromatic nitrogens is 1. The first kappa shape index (κ1) is 21.5. The second-order valence-corrected chi connectivity index (χ2v) is 7.33. The number of pyridine rings is 1. The van der Waals surface area contributed by atoms with E-state index in [9.17, 15) is 18.4 Å². The minimum absolute atomic E-state index is 0.0192. The molecule has 0 atom stereocenters. The number of ether oxygens (including phenoxy) is 2. The number of carbonyl (C=O) groups is 2. The van der Waals surface area contributed by atoms with Crippen LogP contribution in [-0.4, -0.2) is 33.7 Å². The topological polar surface area (TPSA) is 89.0 Å². The second-order valence-electron chi connectivity index (χ2n) is 6.95. The fourth-order valence-electron chi connectivity index (χ4n) is 3.23. The van der Waals surface area contributed by atoms with E-state index in [1.165, 1.54) is 23.2 Å². The van der Waals surface area contributed by atoms with Gasteiger partial charge < -0.3 is 19.5 Å². The van der Waals surface area contributed by atoms with Crippen LogP contribution in [0.3, 0.4) is 0 Å². The Morgan fingerprint density at radius 3 is 2.47 bits per heavy atom. The van der Waals surface area contributed by atoms with Gasteiger partial charge in [0.2, 0.25) is 6.79 Å². The van der Waals surface area contributed by atoms with Crippen molar-refractivity contribution in [2.75, 3.05) is 6.79 Å². The molecule has 3 aromatic rings. The molecule has 0 unspecified atom stereocenters. The molecule has 4 rings (SSSR count). The van der Waals surface area contributed by atoms with Crippen molar-refractivity contribution in [3.05, 3.63) is 87.7 Å². The van der Waals surface area contributed by atoms with E-state index >= 15 is 0 Å². The molecule has 1 N–H and O–H groups in total. The summed E-state index contributed by atoms with van der Waals surface area (Å²) in [6.45, 7) is -0.0208. The number of carboxylic acids is 1. The van der Waals surface area contributed by atoms with E-state index in [2.05, 4.69) is 4.98 Å². The highest BCUT2D eigenvalue weighted by molar-refractivity contribution is 6.33. The molecule has 7 nitrogen and oxygen atoms in total. The normalized spacial score (nSPS) is 12.0. The molecule has 10 heteroatoms. The van der Waals surface area contributed by atoms with Gasteiger partial charge in [-0.2, -0.15) is 0 Å². The van der Waals surface area contributed by atoms with E-state index in [-0.39, 0.29) is 36.2 Å². The van der Waals surface area contributed by atoms with Crippen molar-refractivity contribution >= 4 is 23.5 Å². The van der Waals surface area contributed by atoms with Crippen LogP contribution in [0.1, 0.15) is 32.0 Å². The molecular weight excluding hydrogens is 446 g/mol. The number of aromatic carboxylic acids is 1. The lowest BCUT2D eigenvalue weighted by Gasteiger charge is -2.24. The molecule has 0 radical (unpaired) electrons. The molecule has 0 bridgehead atoms. The quantitative estimate of drug-likeness (QED) is 0.590. The number of fused-ring (bicyclic) bond motifs is 1. The monoisotopic (exact) mass is 460 g/mol. The van der Waals surface area contributed by atoms with Crippen molar-refractivity contribution in [2.45, 2.75) is 13.1 Å². The zero-order valence-electron chi connectivity index (χ0n) is 16.3. The van der Waals surface area contributed by atoms with E-state index in [0.717, 1.165) is 12.1 Å². The summed E-state index contributed by atoms with van der Waals surface area (Å²) in [5, 5.41) is 9.27. The predicted molar refractivity (Wildman–Crippen MR) is 109 cm³/mol. The van der Waals surface area contributed by atoms with Crippen LogP contribution in [-0.2, 0) is 13.1 Å². The van der Waals surface area contributed by atoms with Gasteiger partial charge in [0.15, 0.2) is 11.5 Å². The third-order valence-corrected chi connectivity index (χ3v) is 5.15. The van der Waals surface area contributed by atoms with E-state index in [4.69, 9.17) is 26.2 Å². The zero-order chi connectivity index (χ0) is 22.8. The first-order valence-corrected chi connectivity index (χ1v) is 9.70. The lowest BCUT2D eigenvalue weighted by atomic mass is 10.1. The first-order chi connectivity index (χ1) is 15.3. The van der Waals surface area contributed by atoms with E-state index in [1.54, 1.807) is 12.1 Å². The zero-order valence-corrected chi connectivity index (χ0v) is 17.1. The van der Waals surface area contributed by atoms with Crippen molar-refractivity contribution in [1.82, 2.24) is 9.88 Å². The molecule has 164 valence electrons. The molecule has 0 fully saturated rings. The number of hydrogen-bond acceptors (Lipinski definition) is 5. The van der Waals surface area contributed by atoms with Crippen LogP contribution in [0.5, 0.6) is 11.5 Å². The summed E-state index contributed by atoms with van der Waals surface area (Å²) in [6, 6.07) is 8.66. The molecule has 32 heavy (non-hydrogen) atoms. The number of carboxylic acid groups (broad SMARTS) is 1. The Morgan fingerprint density at radius 1 is 1.06 bits per heavy atom. The number of halogens is 3. The highest BCUT2D eigenvalue weighted by atomic mass is 35.5. The maximum absolute atomic E-state index is 13.7. The van der Waals surface area contributed by atoms with Gasteiger partial charge in [0.05, 0.1) is 5.02 Å². The van der Waals surface area contributed by atoms with Gasteiger partial charge >= 0.3 is 5.97 Å². The lowest BCUT2D eigenvalue weighted by Crippen LogP contribution is -2.30. The van der Waals surface area contributed by atoms with Crippen molar-refractivity contribution in [2.24, 2.45) is 0 Å². The summed E-state index contributed by atoms with van der Waals surface area (Å²) in [6.07, 6.45) is 1.32. The average Bonchev–Trinajstić information content (AvgIpc) is 3.24. The highest BCUT2D eigenvalue weighted by Crippen LogP contribution is 2.41. The van der Waals surface area contributed by atoms with Crippen molar-refractivity contribution in [1.29, 1.82) is 0 Å². The number of benzene rings is 2. The summed E-state index contributed by atoms with van der Waals surface area (Å²) < 4.78 is 38.1. The molecule has 2 aromatic carbocycles. The summed E-state index contributed by atoms with van der Waals surface area (Å²) >= 11 is 6.42. The molecule has 2 heterocycles. The Kier molecular flexibility index (Phi) is 5.91. The SMILES string of the molecule is O=C(O)c1ccc(CN(Cc2ccc3c(c2Cl)OCO3)C(=O)c2cc(F)cc(F)c2)cn1. The Bertz CT molecular complexity index is 1180. The molecular formula is C22H15ClF2N2O5. The Hall–Kier alpha value is -3.72. The Balaban J connectivity index is 1.67. The second kappa shape index (κ2) is 8.80. The van der Waals surface area contributed by atoms with Gasteiger partial charge in [-0.15, -0.1) is 0 Å². The maximum Gasteiger partial charge on any atom is 0.354 e. The fourth-order valence-corrected chi connectivity index (χ4v) is 3.50. The van der Waals surface area contributed by atoms with Crippen LogP contribution in [0.15, 0.2) is 48.7 Å². The minimum Gasteiger partial charge on any atom is -0.477 e. The van der Waals surface area contributed by atoms with E-state index in [0.29, 0.717) is 28.7 Å². The lowest BCUT2D eigenvalue weighted by molar-refractivity contribution is 0.0687. The molecule has 1 aliphatic heterocycles. The molecule has 0 saturated carbocycles. The number of carbonyl (C=O) groups excluding carboxylic acids is 1. The number of rotatable bonds is 6. The van der Waals surface area contributed by atoms with Gasteiger partial charge in [-0.05, 0) is 35.4 Å². The van der Waals surface area contributed by atoms with Crippen LogP contribution in [0, 0.1) is 11.6 Å². The molecule has 0 saturated heterocycles. The third kappa shape index (κ3) is 4.47. The molecule has 1 aromatic heterocycles. The molecule has 1 aliphatic rings. The standard InChI is InChI=1S/C22H15ClF2N2O5/c23-19-13(2-4-18-20(19)32-11-31-18)10-27(9-12-1-3-17(22(29)30)26-8-12)21(28)14-5-15(24)7-16(25)6-14/h1-8H,9-11H2,(H,29,30). The number of nitrogens with zero attached hydrogens (tertiary/aromatic N) is 2. The Morgan fingerprint density at radius 2 is 1.81 bits per heavy atom. The number of amides is 1. The van der Waals surface area contributed by atoms with Crippen LogP contribution in [0.4, 0.5) is 8.78 Å². The largest absolute Gasteiger partial charge is 0.477 e. The van der Waals surface area contributed by atoms with Crippen LogP contribution in [0.2, 0.25) is 5.02 Å². The number of hydrogen-bond donors (Lipinski definition) is 1. The van der Waals surface area contributed by atoms with E-state index in [1.807, 2.05) is 0 Å². The van der Waals surface area contributed by atoms with Gasteiger partial charge in [0.1, 0.15) is 17.3 Å². The minimum atomic E-state index is -1.19. The summed E-state index contributed by atoms with van der Waals surface area (Å²) in [5.41, 5.74) is 0.695. The van der Waals surface area contributed by atoms with Crippen LogP contribution >= 0.6 is 11.6 Å². The first-order valence-electron chi connectivity index (χ1n) is 9.32. The van der Waals surface area contributed by atoms with E-state index < -0.39 is 23.5 Å². The summed E-state index contributed by atoms with van der Waals surface area (Å²) in [7, 11) is 0. The van der Waals surface area contributed by atoms with Gasteiger partial charge in [-0.1, -0.05) is 23.7 Å². The van der Waals surface area contributed by atoms with Crippen molar-refractivity contribution < 1.29 is 33.0 Å². The smallest absolute Gasteiger partial charge is 0.354 e. The van der Waals surface area contributed by atoms with Crippen molar-refractivity contribution in [3.63, 3.8) is 0 Å². The average molecular weight is 461 g/mol. The van der Waals surface area contributed by atoms with Crippen molar-refractivity contribution in [3.8, 4) is 11.5 Å². The highest BCUT2D eigenvalue weighted by Gasteiger charge is 2.24. The molecule has 0 spiro atoms. The van der Waals surface area contributed by atoms with Gasteiger partial charge in [-0.25, -0.2) is 18.6 Å². The fraction of sp³-hybridized carbons (Fsp3) is 0.136. The molecule has 0 aliphatic carbocycles. The van der Waals surface area contributed by atoms with Gasteiger partial charge in [-0.3, -0.25) is 4.79 Å². The maximum atomic E-state index is 13.7. The molecule has 1 amide bonds. The summed E-state index contributed by atoms with van der Waals surface area (Å²) in [4.78, 5) is 29.3. The van der Waals surface area contributed by atoms with Gasteiger partial charge in [0.25, 0.3) is 5.91 Å².